The van der Waals surface area contributed by atoms with Crippen molar-refractivity contribution >= 4 is 63.0 Å². The Labute approximate surface area is 185 Å². The molecule has 0 unspecified atom stereocenters. The number of nitrogens with one attached hydrogen (secondary N) is 1. The fraction of sp³-hybridized carbons (Fsp3) is 0. The number of rotatable bonds is 5. The number of benzene rings is 4. The van der Waals surface area contributed by atoms with Crippen LogP contribution in [0.1, 0.15) is 0 Å². The van der Waals surface area contributed by atoms with Gasteiger partial charge in [-0.3, -0.25) is 0 Å². The standard InChI is InChI=1S/C24H20Cl2N4/c25-16-5-9-18(10-6-16)29-23-15-20(13-14-21(23)27)30(19-11-7-17(26)8-12-19)24-4-2-1-3-22(24)28/h1-15,29H,27-28H2. The van der Waals surface area contributed by atoms with Crippen LogP contribution in [0.3, 0.4) is 0 Å². The topological polar surface area (TPSA) is 67.3 Å². The van der Waals surface area contributed by atoms with Gasteiger partial charge in [0.05, 0.1) is 22.7 Å². The van der Waals surface area contributed by atoms with Gasteiger partial charge in [0.15, 0.2) is 0 Å². The highest BCUT2D eigenvalue weighted by molar-refractivity contribution is 6.31. The lowest BCUT2D eigenvalue weighted by Crippen LogP contribution is -2.12. The highest BCUT2D eigenvalue weighted by Gasteiger charge is 2.16. The molecule has 0 fully saturated rings. The van der Waals surface area contributed by atoms with E-state index in [1.807, 2.05) is 91.0 Å². The van der Waals surface area contributed by atoms with Gasteiger partial charge in [-0.1, -0.05) is 35.3 Å². The Kier molecular flexibility index (Phi) is 5.70. The molecule has 0 aliphatic heterocycles. The molecular formula is C24H20Cl2N4. The Hall–Kier alpha value is -3.34. The maximum atomic E-state index is 6.31. The van der Waals surface area contributed by atoms with Gasteiger partial charge in [-0.05, 0) is 78.9 Å². The molecule has 5 N–H and O–H groups in total. The van der Waals surface area contributed by atoms with E-state index < -0.39 is 0 Å². The predicted molar refractivity (Wildman–Crippen MR) is 130 cm³/mol. The zero-order valence-corrected chi connectivity index (χ0v) is 17.5. The molecule has 0 atom stereocenters. The average molecular weight is 435 g/mol. The van der Waals surface area contributed by atoms with Crippen molar-refractivity contribution in [2.75, 3.05) is 21.7 Å². The van der Waals surface area contributed by atoms with Gasteiger partial charge >= 0.3 is 0 Å². The summed E-state index contributed by atoms with van der Waals surface area (Å²) in [6.45, 7) is 0. The van der Waals surface area contributed by atoms with E-state index in [1.54, 1.807) is 0 Å². The third-order valence-electron chi connectivity index (χ3n) is 4.68. The molecule has 4 nitrogen and oxygen atoms in total. The maximum absolute atomic E-state index is 6.31. The Morgan fingerprint density at radius 1 is 0.633 bits per heavy atom. The Bertz CT molecular complexity index is 1160. The number of nitrogen functional groups attached to an aromatic ring is 2. The molecule has 4 rings (SSSR count). The van der Waals surface area contributed by atoms with Crippen LogP contribution in [0.25, 0.3) is 0 Å². The van der Waals surface area contributed by atoms with Gasteiger partial charge in [-0.15, -0.1) is 0 Å². The molecule has 4 aromatic rings. The summed E-state index contributed by atoms with van der Waals surface area (Å²) in [4.78, 5) is 2.07. The molecule has 30 heavy (non-hydrogen) atoms. The molecule has 0 amide bonds. The largest absolute Gasteiger partial charge is 0.397 e. The first-order valence-electron chi connectivity index (χ1n) is 9.33. The van der Waals surface area contributed by atoms with E-state index >= 15 is 0 Å². The third kappa shape index (κ3) is 4.30. The first kappa shape index (κ1) is 20.0. The van der Waals surface area contributed by atoms with Crippen LogP contribution in [-0.2, 0) is 0 Å². The molecule has 0 saturated carbocycles. The summed E-state index contributed by atoms with van der Waals surface area (Å²) in [6.07, 6.45) is 0. The molecule has 4 aromatic carbocycles. The van der Waals surface area contributed by atoms with Crippen molar-refractivity contribution in [3.8, 4) is 0 Å². The fourth-order valence-electron chi connectivity index (χ4n) is 3.19. The van der Waals surface area contributed by atoms with Crippen LogP contribution in [0.2, 0.25) is 10.0 Å². The van der Waals surface area contributed by atoms with Crippen LogP contribution in [0.15, 0.2) is 91.0 Å². The minimum Gasteiger partial charge on any atom is -0.397 e. The molecule has 0 bridgehead atoms. The highest BCUT2D eigenvalue weighted by atomic mass is 35.5. The number of hydrogen-bond donors (Lipinski definition) is 3. The quantitative estimate of drug-likeness (QED) is 0.286. The first-order valence-corrected chi connectivity index (χ1v) is 10.1. The van der Waals surface area contributed by atoms with Gasteiger partial charge in [0, 0.05) is 27.1 Å². The van der Waals surface area contributed by atoms with E-state index in [-0.39, 0.29) is 0 Å². The second-order valence-electron chi connectivity index (χ2n) is 6.77. The predicted octanol–water partition coefficient (Wildman–Crippen LogP) is 7.37. The summed E-state index contributed by atoms with van der Waals surface area (Å²) in [5.41, 5.74) is 18.2. The van der Waals surface area contributed by atoms with Gasteiger partial charge < -0.3 is 21.7 Å². The Balaban J connectivity index is 1.80. The summed E-state index contributed by atoms with van der Waals surface area (Å²) >= 11 is 12.1. The monoisotopic (exact) mass is 434 g/mol. The van der Waals surface area contributed by atoms with Gasteiger partial charge in [0.1, 0.15) is 0 Å². The van der Waals surface area contributed by atoms with Gasteiger partial charge in [0.25, 0.3) is 0 Å². The number of nitrogens with zero attached hydrogens (tertiary/aromatic N) is 1. The highest BCUT2D eigenvalue weighted by Crippen LogP contribution is 2.40. The van der Waals surface area contributed by atoms with Gasteiger partial charge in [-0.2, -0.15) is 0 Å². The lowest BCUT2D eigenvalue weighted by atomic mass is 10.1. The Morgan fingerprint density at radius 2 is 1.23 bits per heavy atom. The van der Waals surface area contributed by atoms with Crippen LogP contribution in [0, 0.1) is 0 Å². The second-order valence-corrected chi connectivity index (χ2v) is 7.65. The minimum atomic E-state index is 0.630. The van der Waals surface area contributed by atoms with Crippen molar-refractivity contribution in [3.63, 3.8) is 0 Å². The van der Waals surface area contributed by atoms with Crippen molar-refractivity contribution in [1.82, 2.24) is 0 Å². The lowest BCUT2D eigenvalue weighted by Gasteiger charge is -2.27. The van der Waals surface area contributed by atoms with Crippen LogP contribution in [0.4, 0.5) is 39.8 Å². The number of nitrogens with two attached hydrogens (primary N) is 2. The zero-order chi connectivity index (χ0) is 21.1. The van der Waals surface area contributed by atoms with E-state index in [0.717, 1.165) is 28.4 Å². The van der Waals surface area contributed by atoms with Crippen LogP contribution < -0.4 is 21.7 Å². The third-order valence-corrected chi connectivity index (χ3v) is 5.18. The molecule has 0 aliphatic carbocycles. The van der Waals surface area contributed by atoms with Crippen molar-refractivity contribution < 1.29 is 0 Å². The van der Waals surface area contributed by atoms with Crippen molar-refractivity contribution in [2.45, 2.75) is 0 Å². The average Bonchev–Trinajstić information content (AvgIpc) is 2.75. The van der Waals surface area contributed by atoms with E-state index in [4.69, 9.17) is 34.7 Å². The summed E-state index contributed by atoms with van der Waals surface area (Å²) in [5, 5.41) is 4.70. The van der Waals surface area contributed by atoms with E-state index in [2.05, 4.69) is 10.2 Å². The number of hydrogen-bond acceptors (Lipinski definition) is 4. The van der Waals surface area contributed by atoms with Crippen molar-refractivity contribution in [1.29, 1.82) is 0 Å². The molecule has 0 heterocycles. The number of para-hydroxylation sites is 2. The Morgan fingerprint density at radius 3 is 1.90 bits per heavy atom. The van der Waals surface area contributed by atoms with E-state index in [0.29, 0.717) is 21.4 Å². The second kappa shape index (κ2) is 8.57. The summed E-state index contributed by atoms with van der Waals surface area (Å²) < 4.78 is 0. The minimum absolute atomic E-state index is 0.630. The molecule has 0 aliphatic rings. The van der Waals surface area contributed by atoms with Crippen LogP contribution in [0.5, 0.6) is 0 Å². The SMILES string of the molecule is Nc1ccc(N(c2ccc(Cl)cc2)c2ccccc2N)cc1Nc1ccc(Cl)cc1. The molecule has 0 saturated heterocycles. The number of anilines is 7. The smallest absolute Gasteiger partial charge is 0.0691 e. The lowest BCUT2D eigenvalue weighted by molar-refractivity contribution is 1.28. The fourth-order valence-corrected chi connectivity index (χ4v) is 3.44. The first-order chi connectivity index (χ1) is 14.5. The number of halogens is 2. The van der Waals surface area contributed by atoms with Crippen LogP contribution in [-0.4, -0.2) is 0 Å². The van der Waals surface area contributed by atoms with Crippen molar-refractivity contribution in [3.05, 3.63) is 101 Å². The summed E-state index contributed by atoms with van der Waals surface area (Å²) in [7, 11) is 0. The molecule has 0 aromatic heterocycles. The maximum Gasteiger partial charge on any atom is 0.0691 e. The molecule has 0 radical (unpaired) electrons. The summed E-state index contributed by atoms with van der Waals surface area (Å²) in [6, 6.07) is 28.6. The summed E-state index contributed by atoms with van der Waals surface area (Å²) in [5.74, 6) is 0. The van der Waals surface area contributed by atoms with E-state index in [1.165, 1.54) is 0 Å². The molecule has 0 spiro atoms. The normalized spacial score (nSPS) is 10.6. The molecule has 6 heteroatoms. The molecule has 150 valence electrons. The van der Waals surface area contributed by atoms with Gasteiger partial charge in [-0.25, -0.2) is 0 Å². The van der Waals surface area contributed by atoms with Crippen LogP contribution >= 0.6 is 23.2 Å². The van der Waals surface area contributed by atoms with E-state index in [9.17, 15) is 0 Å². The van der Waals surface area contributed by atoms with Gasteiger partial charge in [0.2, 0.25) is 0 Å². The zero-order valence-electron chi connectivity index (χ0n) is 16.0. The molecular weight excluding hydrogens is 415 g/mol. The van der Waals surface area contributed by atoms with Crippen molar-refractivity contribution in [2.24, 2.45) is 0 Å².